The molecule has 0 spiro atoms. The zero-order valence-electron chi connectivity index (χ0n) is 10.1. The molecule has 0 aliphatic rings. The summed E-state index contributed by atoms with van der Waals surface area (Å²) in [6.45, 7) is 1.18. The Labute approximate surface area is 102 Å². The summed E-state index contributed by atoms with van der Waals surface area (Å²) in [6, 6.07) is 9.30. The van der Waals surface area contributed by atoms with Crippen molar-refractivity contribution in [1.29, 1.82) is 0 Å². The molecule has 0 saturated heterocycles. The number of carbonyl (C=O) groups excluding carboxylic acids is 1. The fraction of sp³-hybridized carbons (Fsp3) is 0.462. The number of hydrogen-bond donors (Lipinski definition) is 1. The third-order valence-corrected chi connectivity index (χ3v) is 2.36. The number of benzene rings is 1. The van der Waals surface area contributed by atoms with Crippen LogP contribution in [0.15, 0.2) is 30.3 Å². The van der Waals surface area contributed by atoms with Crippen molar-refractivity contribution in [3.8, 4) is 0 Å². The second-order valence-electron chi connectivity index (χ2n) is 3.82. The third kappa shape index (κ3) is 5.58. The molecule has 1 aromatic rings. The quantitative estimate of drug-likeness (QED) is 0.689. The highest BCUT2D eigenvalue weighted by atomic mass is 16.5. The molecule has 0 aliphatic carbocycles. The number of nitrogens with two attached hydrogens (primary N) is 1. The molecule has 0 aromatic heterocycles. The maximum atomic E-state index is 11.5. The van der Waals surface area contributed by atoms with Crippen LogP contribution in [-0.4, -0.2) is 32.1 Å². The van der Waals surface area contributed by atoms with Crippen molar-refractivity contribution < 1.29 is 14.3 Å². The van der Waals surface area contributed by atoms with Gasteiger partial charge >= 0.3 is 0 Å². The minimum atomic E-state index is -0.541. The Morgan fingerprint density at radius 1 is 1.35 bits per heavy atom. The Hall–Kier alpha value is -1.23. The lowest BCUT2D eigenvalue weighted by Gasteiger charge is -2.09. The average molecular weight is 237 g/mol. The highest BCUT2D eigenvalue weighted by Crippen LogP contribution is 2.01. The highest BCUT2D eigenvalue weighted by molar-refractivity contribution is 5.83. The number of hydrogen-bond acceptors (Lipinski definition) is 4. The molecule has 0 bridgehead atoms. The molecule has 0 aliphatic heterocycles. The van der Waals surface area contributed by atoms with Gasteiger partial charge in [-0.15, -0.1) is 0 Å². The zero-order chi connectivity index (χ0) is 12.5. The normalized spacial score (nSPS) is 12.4. The van der Waals surface area contributed by atoms with Crippen LogP contribution in [0.5, 0.6) is 0 Å². The van der Waals surface area contributed by atoms with Crippen molar-refractivity contribution in [2.24, 2.45) is 5.73 Å². The van der Waals surface area contributed by atoms with Crippen LogP contribution in [0.3, 0.4) is 0 Å². The first kappa shape index (κ1) is 13.8. The largest absolute Gasteiger partial charge is 0.383 e. The van der Waals surface area contributed by atoms with Crippen molar-refractivity contribution in [2.75, 3.05) is 20.3 Å². The average Bonchev–Trinajstić information content (AvgIpc) is 2.36. The molecule has 0 heterocycles. The molecule has 0 fully saturated rings. The van der Waals surface area contributed by atoms with E-state index < -0.39 is 6.04 Å². The summed E-state index contributed by atoms with van der Waals surface area (Å²) in [4.78, 5) is 11.5. The maximum Gasteiger partial charge on any atom is 0.154 e. The third-order valence-electron chi connectivity index (χ3n) is 2.36. The Kier molecular flexibility index (Phi) is 6.47. The second-order valence-corrected chi connectivity index (χ2v) is 3.82. The molecule has 2 N–H and O–H groups in total. The number of ether oxygens (including phenoxy) is 2. The van der Waals surface area contributed by atoms with Gasteiger partial charge in [0.05, 0.1) is 25.9 Å². The summed E-state index contributed by atoms with van der Waals surface area (Å²) in [5.41, 5.74) is 6.69. The lowest BCUT2D eigenvalue weighted by Crippen LogP contribution is -2.35. The molecule has 1 aromatic carbocycles. The van der Waals surface area contributed by atoms with E-state index in [1.807, 2.05) is 30.3 Å². The van der Waals surface area contributed by atoms with Gasteiger partial charge in [-0.1, -0.05) is 30.3 Å². The van der Waals surface area contributed by atoms with Gasteiger partial charge in [0.1, 0.15) is 0 Å². The van der Waals surface area contributed by atoms with Crippen LogP contribution in [0.25, 0.3) is 0 Å². The lowest BCUT2D eigenvalue weighted by atomic mass is 10.1. The molecule has 0 amide bonds. The van der Waals surface area contributed by atoms with Gasteiger partial charge in [0.2, 0.25) is 0 Å². The second kappa shape index (κ2) is 7.95. The number of rotatable bonds is 8. The molecule has 94 valence electrons. The van der Waals surface area contributed by atoms with Crippen molar-refractivity contribution in [1.82, 2.24) is 0 Å². The summed E-state index contributed by atoms with van der Waals surface area (Å²) >= 11 is 0. The van der Waals surface area contributed by atoms with E-state index in [1.54, 1.807) is 0 Å². The van der Waals surface area contributed by atoms with Crippen molar-refractivity contribution >= 4 is 5.78 Å². The van der Waals surface area contributed by atoms with Crippen LogP contribution < -0.4 is 5.73 Å². The molecule has 1 rings (SSSR count). The SMILES string of the molecule is COCC(N)C(=O)CCOCc1ccccc1. The fourth-order valence-corrected chi connectivity index (χ4v) is 1.39. The van der Waals surface area contributed by atoms with E-state index in [2.05, 4.69) is 0 Å². The van der Waals surface area contributed by atoms with Gasteiger partial charge in [-0.2, -0.15) is 0 Å². The van der Waals surface area contributed by atoms with Gasteiger partial charge in [0.25, 0.3) is 0 Å². The van der Waals surface area contributed by atoms with E-state index in [1.165, 1.54) is 7.11 Å². The minimum Gasteiger partial charge on any atom is -0.383 e. The minimum absolute atomic E-state index is 0.0279. The predicted octanol–water partition coefficient (Wildman–Crippen LogP) is 1.14. The van der Waals surface area contributed by atoms with Crippen LogP contribution in [0, 0.1) is 0 Å². The summed E-state index contributed by atoms with van der Waals surface area (Å²) in [5, 5.41) is 0. The van der Waals surface area contributed by atoms with E-state index >= 15 is 0 Å². The molecule has 0 saturated carbocycles. The van der Waals surface area contributed by atoms with Crippen LogP contribution >= 0.6 is 0 Å². The summed E-state index contributed by atoms with van der Waals surface area (Å²) in [5.74, 6) is -0.0279. The summed E-state index contributed by atoms with van der Waals surface area (Å²) < 4.78 is 10.2. The van der Waals surface area contributed by atoms with E-state index in [0.29, 0.717) is 19.6 Å². The van der Waals surface area contributed by atoms with E-state index in [9.17, 15) is 4.79 Å². The highest BCUT2D eigenvalue weighted by Gasteiger charge is 2.12. The molecule has 0 radical (unpaired) electrons. The van der Waals surface area contributed by atoms with Gasteiger partial charge in [-0.05, 0) is 5.56 Å². The molecule has 1 atom stereocenters. The van der Waals surface area contributed by atoms with Crippen LogP contribution in [-0.2, 0) is 20.9 Å². The summed E-state index contributed by atoms with van der Waals surface area (Å²) in [6.07, 6.45) is 0.331. The van der Waals surface area contributed by atoms with Crippen molar-refractivity contribution in [2.45, 2.75) is 19.1 Å². The standard InChI is InChI=1S/C13H19NO3/c1-16-10-12(14)13(15)7-8-17-9-11-5-3-2-4-6-11/h2-6,12H,7-10,14H2,1H3. The molecular weight excluding hydrogens is 218 g/mol. The molecular formula is C13H19NO3. The Morgan fingerprint density at radius 2 is 2.06 bits per heavy atom. The number of carbonyl (C=O) groups is 1. The maximum absolute atomic E-state index is 11.5. The Balaban J connectivity index is 2.14. The van der Waals surface area contributed by atoms with Crippen LogP contribution in [0.1, 0.15) is 12.0 Å². The van der Waals surface area contributed by atoms with E-state index in [4.69, 9.17) is 15.2 Å². The predicted molar refractivity (Wildman–Crippen MR) is 65.6 cm³/mol. The van der Waals surface area contributed by atoms with Gasteiger partial charge in [0, 0.05) is 13.5 Å². The smallest absolute Gasteiger partial charge is 0.154 e. The number of Topliss-reactive ketones (excluding diaryl/α,β-unsaturated/α-hetero) is 1. The van der Waals surface area contributed by atoms with Gasteiger partial charge in [0.15, 0.2) is 5.78 Å². The van der Waals surface area contributed by atoms with E-state index in [-0.39, 0.29) is 12.4 Å². The topological polar surface area (TPSA) is 61.5 Å². The van der Waals surface area contributed by atoms with E-state index in [0.717, 1.165) is 5.56 Å². The van der Waals surface area contributed by atoms with Gasteiger partial charge in [-0.3, -0.25) is 4.79 Å². The van der Waals surface area contributed by atoms with Crippen molar-refractivity contribution in [3.05, 3.63) is 35.9 Å². The Morgan fingerprint density at radius 3 is 2.71 bits per heavy atom. The first-order chi connectivity index (χ1) is 8.24. The Bertz CT molecular complexity index is 327. The molecule has 17 heavy (non-hydrogen) atoms. The van der Waals surface area contributed by atoms with Crippen LogP contribution in [0.4, 0.5) is 0 Å². The number of ketones is 1. The zero-order valence-corrected chi connectivity index (χ0v) is 10.1. The molecule has 1 unspecified atom stereocenters. The first-order valence-corrected chi connectivity index (χ1v) is 5.63. The fourth-order valence-electron chi connectivity index (χ4n) is 1.39. The number of methoxy groups -OCH3 is 1. The lowest BCUT2D eigenvalue weighted by molar-refractivity contribution is -0.122. The summed E-state index contributed by atoms with van der Waals surface area (Å²) in [7, 11) is 1.53. The van der Waals surface area contributed by atoms with Crippen molar-refractivity contribution in [3.63, 3.8) is 0 Å². The van der Waals surface area contributed by atoms with Crippen LogP contribution in [0.2, 0.25) is 0 Å². The molecule has 4 nitrogen and oxygen atoms in total. The first-order valence-electron chi connectivity index (χ1n) is 5.63. The monoisotopic (exact) mass is 237 g/mol. The molecule has 4 heteroatoms. The van der Waals surface area contributed by atoms with Gasteiger partial charge < -0.3 is 15.2 Å². The van der Waals surface area contributed by atoms with Gasteiger partial charge in [-0.25, -0.2) is 0 Å².